The van der Waals surface area contributed by atoms with E-state index in [9.17, 15) is 0 Å². The number of ether oxygens (including phenoxy) is 2. The monoisotopic (exact) mass is 378 g/mol. The summed E-state index contributed by atoms with van der Waals surface area (Å²) in [6, 6.07) is 6.13. The zero-order chi connectivity index (χ0) is 17.8. The second-order valence-corrected chi connectivity index (χ2v) is 9.53. The van der Waals surface area contributed by atoms with Crippen molar-refractivity contribution in [2.24, 2.45) is 0 Å². The molecule has 4 rings (SSSR count). The van der Waals surface area contributed by atoms with Gasteiger partial charge in [0.2, 0.25) is 0 Å². The minimum absolute atomic E-state index is 0.136. The van der Waals surface area contributed by atoms with Crippen LogP contribution < -0.4 is 10.1 Å². The molecule has 0 spiro atoms. The Labute approximate surface area is 157 Å². The summed E-state index contributed by atoms with van der Waals surface area (Å²) < 4.78 is 12.0. The van der Waals surface area contributed by atoms with E-state index >= 15 is 0 Å². The maximum atomic E-state index is 6.18. The molecule has 1 aromatic heterocycles. The van der Waals surface area contributed by atoms with E-state index in [-0.39, 0.29) is 11.2 Å². The molecule has 0 saturated carbocycles. The third-order valence-corrected chi connectivity index (χ3v) is 5.90. The summed E-state index contributed by atoms with van der Waals surface area (Å²) in [5.74, 6) is 0.837. The molecule has 0 unspecified atom stereocenters. The van der Waals surface area contributed by atoms with E-state index in [2.05, 4.69) is 33.0 Å². The third kappa shape index (κ3) is 3.50. The first-order valence-corrected chi connectivity index (χ1v) is 9.79. The maximum absolute atomic E-state index is 6.18. The number of halogens is 1. The summed E-state index contributed by atoms with van der Waals surface area (Å²) >= 11 is 7.77. The molecule has 0 atom stereocenters. The Hall–Kier alpha value is -1.30. The van der Waals surface area contributed by atoms with Crippen molar-refractivity contribution in [1.82, 2.24) is 4.98 Å². The van der Waals surface area contributed by atoms with Crippen molar-refractivity contribution in [3.05, 3.63) is 28.9 Å². The van der Waals surface area contributed by atoms with Gasteiger partial charge in [0, 0.05) is 16.6 Å². The quantitative estimate of drug-likeness (QED) is 0.748. The van der Waals surface area contributed by atoms with Crippen molar-refractivity contribution in [1.29, 1.82) is 0 Å². The molecule has 1 N–H and O–H groups in total. The predicted octanol–water partition coefficient (Wildman–Crippen LogP) is 5.50. The van der Waals surface area contributed by atoms with Gasteiger partial charge in [-0.2, -0.15) is 0 Å². The number of hydrogen-bond acceptors (Lipinski definition) is 5. The van der Waals surface area contributed by atoms with Crippen LogP contribution in [0.3, 0.4) is 0 Å². The Bertz CT molecular complexity index is 800. The van der Waals surface area contributed by atoms with Gasteiger partial charge in [-0.3, -0.25) is 0 Å². The second-order valence-electron chi connectivity index (χ2n) is 8.09. The Morgan fingerprint density at radius 3 is 2.64 bits per heavy atom. The number of aromatic nitrogens is 1. The average Bonchev–Trinajstić information content (AvgIpc) is 2.85. The number of fused-ring (bicyclic) bond motifs is 3. The lowest BCUT2D eigenvalue weighted by atomic mass is 9.85. The van der Waals surface area contributed by atoms with Crippen LogP contribution in [0.25, 0.3) is 10.4 Å². The molecule has 25 heavy (non-hydrogen) atoms. The maximum Gasteiger partial charge on any atom is 0.183 e. The summed E-state index contributed by atoms with van der Waals surface area (Å²) in [6.45, 7) is 9.12. The highest BCUT2D eigenvalue weighted by Crippen LogP contribution is 2.44. The Morgan fingerprint density at radius 1 is 1.20 bits per heavy atom. The highest BCUT2D eigenvalue weighted by atomic mass is 35.5. The minimum atomic E-state index is -0.136. The summed E-state index contributed by atoms with van der Waals surface area (Å²) in [5.41, 5.74) is 1.79. The molecule has 1 fully saturated rings. The zero-order valence-corrected chi connectivity index (χ0v) is 16.6. The Balaban J connectivity index is 1.59. The molecule has 6 heteroatoms. The smallest absolute Gasteiger partial charge is 0.183 e. The molecule has 1 saturated heterocycles. The normalized spacial score (nSPS) is 21.2. The van der Waals surface area contributed by atoms with E-state index in [1.165, 1.54) is 4.88 Å². The highest BCUT2D eigenvalue weighted by molar-refractivity contribution is 7.19. The number of benzene rings is 1. The van der Waals surface area contributed by atoms with Gasteiger partial charge in [-0.25, -0.2) is 4.98 Å². The lowest BCUT2D eigenvalue weighted by Crippen LogP contribution is -2.49. The van der Waals surface area contributed by atoms with Gasteiger partial charge in [0.15, 0.2) is 5.13 Å². The topological polar surface area (TPSA) is 43.4 Å². The number of rotatable bonds is 2. The minimum Gasteiger partial charge on any atom is -0.487 e. The van der Waals surface area contributed by atoms with Crippen LogP contribution in [0.2, 0.25) is 5.02 Å². The van der Waals surface area contributed by atoms with Crippen molar-refractivity contribution >= 4 is 28.1 Å². The molecular formula is C19H23ClN2O2S. The van der Waals surface area contributed by atoms with Gasteiger partial charge < -0.3 is 14.8 Å². The van der Waals surface area contributed by atoms with E-state index in [0.717, 1.165) is 35.0 Å². The van der Waals surface area contributed by atoms with E-state index in [4.69, 9.17) is 26.1 Å². The van der Waals surface area contributed by atoms with Crippen LogP contribution >= 0.6 is 22.9 Å². The molecule has 3 heterocycles. The van der Waals surface area contributed by atoms with Gasteiger partial charge >= 0.3 is 0 Å². The first-order valence-electron chi connectivity index (χ1n) is 8.60. The predicted molar refractivity (Wildman–Crippen MR) is 103 cm³/mol. The molecule has 2 aromatic rings. The molecule has 0 bridgehead atoms. The number of nitrogens with zero attached hydrogens (tertiary/aromatic N) is 1. The van der Waals surface area contributed by atoms with Crippen LogP contribution in [0.4, 0.5) is 5.13 Å². The lowest BCUT2D eigenvalue weighted by molar-refractivity contribution is -0.158. The molecule has 2 aliphatic rings. The molecule has 0 amide bonds. The van der Waals surface area contributed by atoms with Crippen LogP contribution in [0.1, 0.15) is 46.2 Å². The second kappa shape index (κ2) is 5.86. The first kappa shape index (κ1) is 17.1. The van der Waals surface area contributed by atoms with Gasteiger partial charge in [0.25, 0.3) is 0 Å². The van der Waals surface area contributed by atoms with E-state index in [1.807, 2.05) is 18.2 Å². The van der Waals surface area contributed by atoms with Gasteiger partial charge in [0.05, 0.1) is 21.8 Å². The number of hydrogen-bond donors (Lipinski definition) is 1. The van der Waals surface area contributed by atoms with Gasteiger partial charge in [-0.15, -0.1) is 0 Å². The Kier molecular flexibility index (Phi) is 4.02. The van der Waals surface area contributed by atoms with Crippen molar-refractivity contribution in [3.63, 3.8) is 0 Å². The fourth-order valence-electron chi connectivity index (χ4n) is 4.04. The SMILES string of the molecule is CC1(C)CC(Nc2nc3c(s2)-c2ccc(Cl)cc2OC3)CC(C)(C)O1. The standard InChI is InChI=1S/C19H23ClN2O2S/c1-18(2)8-12(9-19(3,4)24-18)21-17-22-14-10-23-15-7-11(20)5-6-13(15)16(14)25-17/h5-7,12H,8-10H2,1-4H3,(H,21,22). The van der Waals surface area contributed by atoms with Crippen molar-refractivity contribution in [2.75, 3.05) is 5.32 Å². The van der Waals surface area contributed by atoms with Gasteiger partial charge in [0.1, 0.15) is 12.4 Å². The van der Waals surface area contributed by atoms with E-state index in [1.54, 1.807) is 11.3 Å². The average molecular weight is 379 g/mol. The Morgan fingerprint density at radius 2 is 1.92 bits per heavy atom. The first-order chi connectivity index (χ1) is 11.7. The highest BCUT2D eigenvalue weighted by Gasteiger charge is 2.39. The fourth-order valence-corrected chi connectivity index (χ4v) is 5.28. The fraction of sp³-hybridized carbons (Fsp3) is 0.526. The number of thiazole rings is 1. The van der Waals surface area contributed by atoms with Crippen LogP contribution in [0.5, 0.6) is 5.75 Å². The van der Waals surface area contributed by atoms with Gasteiger partial charge in [-0.1, -0.05) is 22.9 Å². The summed E-state index contributed by atoms with van der Waals surface area (Å²) in [7, 11) is 0. The van der Waals surface area contributed by atoms with Crippen LogP contribution in [0.15, 0.2) is 18.2 Å². The molecule has 134 valence electrons. The lowest BCUT2D eigenvalue weighted by Gasteiger charge is -2.45. The largest absolute Gasteiger partial charge is 0.487 e. The third-order valence-electron chi connectivity index (χ3n) is 4.61. The number of nitrogens with one attached hydrogen (secondary N) is 1. The molecule has 2 aliphatic heterocycles. The summed E-state index contributed by atoms with van der Waals surface area (Å²) in [4.78, 5) is 5.94. The van der Waals surface area contributed by atoms with E-state index in [0.29, 0.717) is 17.7 Å². The molecular weight excluding hydrogens is 356 g/mol. The molecule has 1 aromatic carbocycles. The molecule has 0 aliphatic carbocycles. The summed E-state index contributed by atoms with van der Waals surface area (Å²) in [5, 5.41) is 5.28. The van der Waals surface area contributed by atoms with Crippen LogP contribution in [-0.2, 0) is 11.3 Å². The van der Waals surface area contributed by atoms with Crippen molar-refractivity contribution in [2.45, 2.75) is 64.4 Å². The van der Waals surface area contributed by atoms with E-state index < -0.39 is 0 Å². The molecule has 0 radical (unpaired) electrons. The summed E-state index contributed by atoms with van der Waals surface area (Å²) in [6.07, 6.45) is 1.92. The van der Waals surface area contributed by atoms with Gasteiger partial charge in [-0.05, 0) is 58.7 Å². The van der Waals surface area contributed by atoms with Crippen LogP contribution in [-0.4, -0.2) is 22.2 Å². The zero-order valence-electron chi connectivity index (χ0n) is 15.0. The number of anilines is 1. The van der Waals surface area contributed by atoms with Crippen LogP contribution in [0, 0.1) is 0 Å². The van der Waals surface area contributed by atoms with Crippen molar-refractivity contribution in [3.8, 4) is 16.2 Å². The van der Waals surface area contributed by atoms with Crippen molar-refractivity contribution < 1.29 is 9.47 Å². The molecule has 4 nitrogen and oxygen atoms in total.